The van der Waals surface area contributed by atoms with E-state index in [0.29, 0.717) is 12.3 Å². The number of hydrogen-bond donors (Lipinski definition) is 0. The second kappa shape index (κ2) is 7.15. The predicted octanol–water partition coefficient (Wildman–Crippen LogP) is 2.82. The fraction of sp³-hybridized carbons (Fsp3) is 0.350. The Balaban J connectivity index is 1.73. The number of aryl methyl sites for hydroxylation is 1. The average molecular weight is 354 g/mol. The van der Waals surface area contributed by atoms with Crippen molar-refractivity contribution in [2.45, 2.75) is 26.2 Å². The first-order valence-electron chi connectivity index (χ1n) is 8.49. The van der Waals surface area contributed by atoms with Crippen LogP contribution in [0.1, 0.15) is 35.2 Å². The standard InChI is InChI=1S/C20H22N2O4/c1-12-5-6-15-10-16-9-14(7-8-17(16)26-19(15)21-12)13(2)20(24)25-11-18(23)22(3)4/h5-9,13H,10-11H2,1-4H3/t13-/m1/s1. The molecule has 3 rings (SSSR count). The van der Waals surface area contributed by atoms with E-state index in [2.05, 4.69) is 4.98 Å². The van der Waals surface area contributed by atoms with Gasteiger partial charge in [0.1, 0.15) is 5.75 Å². The van der Waals surface area contributed by atoms with E-state index in [4.69, 9.17) is 9.47 Å². The quantitative estimate of drug-likeness (QED) is 0.674. The first kappa shape index (κ1) is 17.9. The lowest BCUT2D eigenvalue weighted by atomic mass is 9.95. The molecule has 0 spiro atoms. The van der Waals surface area contributed by atoms with Gasteiger partial charge in [-0.15, -0.1) is 0 Å². The molecule has 0 bridgehead atoms. The molecule has 0 aliphatic carbocycles. The van der Waals surface area contributed by atoms with Gasteiger partial charge >= 0.3 is 5.97 Å². The molecule has 0 N–H and O–H groups in total. The number of nitrogens with zero attached hydrogens (tertiary/aromatic N) is 2. The number of ether oxygens (including phenoxy) is 2. The minimum Gasteiger partial charge on any atom is -0.455 e. The molecule has 0 saturated carbocycles. The van der Waals surface area contributed by atoms with Gasteiger partial charge in [0, 0.05) is 31.8 Å². The van der Waals surface area contributed by atoms with Crippen LogP contribution in [0.2, 0.25) is 0 Å². The number of aromatic nitrogens is 1. The molecule has 6 heteroatoms. The van der Waals surface area contributed by atoms with Gasteiger partial charge in [-0.3, -0.25) is 9.59 Å². The Morgan fingerprint density at radius 2 is 2.00 bits per heavy atom. The Labute approximate surface area is 152 Å². The summed E-state index contributed by atoms with van der Waals surface area (Å²) in [6, 6.07) is 9.63. The molecular weight excluding hydrogens is 332 g/mol. The minimum atomic E-state index is -0.465. The zero-order valence-corrected chi connectivity index (χ0v) is 15.4. The zero-order chi connectivity index (χ0) is 18.8. The van der Waals surface area contributed by atoms with Crippen LogP contribution in [0.15, 0.2) is 30.3 Å². The second-order valence-corrected chi connectivity index (χ2v) is 6.68. The van der Waals surface area contributed by atoms with Crippen molar-refractivity contribution in [3.63, 3.8) is 0 Å². The molecule has 1 aliphatic rings. The van der Waals surface area contributed by atoms with E-state index in [1.807, 2.05) is 37.3 Å². The molecule has 1 aliphatic heterocycles. The number of likely N-dealkylation sites (N-methyl/N-ethyl adjacent to an activating group) is 1. The van der Waals surface area contributed by atoms with Crippen molar-refractivity contribution in [2.75, 3.05) is 20.7 Å². The van der Waals surface area contributed by atoms with Crippen molar-refractivity contribution in [2.24, 2.45) is 0 Å². The summed E-state index contributed by atoms with van der Waals surface area (Å²) in [7, 11) is 3.24. The minimum absolute atomic E-state index is 0.246. The summed E-state index contributed by atoms with van der Waals surface area (Å²) in [5.41, 5.74) is 3.77. The highest BCUT2D eigenvalue weighted by Gasteiger charge is 2.23. The summed E-state index contributed by atoms with van der Waals surface area (Å²) in [5, 5.41) is 0. The van der Waals surface area contributed by atoms with Gasteiger partial charge in [-0.05, 0) is 37.1 Å². The normalized spacial score (nSPS) is 13.1. The van der Waals surface area contributed by atoms with Gasteiger partial charge in [0.2, 0.25) is 5.88 Å². The van der Waals surface area contributed by atoms with Crippen molar-refractivity contribution in [1.29, 1.82) is 0 Å². The van der Waals surface area contributed by atoms with Gasteiger partial charge in [-0.2, -0.15) is 0 Å². The molecule has 0 unspecified atom stereocenters. The van der Waals surface area contributed by atoms with Gasteiger partial charge < -0.3 is 14.4 Å². The summed E-state index contributed by atoms with van der Waals surface area (Å²) in [5.74, 6) is 0.258. The maximum Gasteiger partial charge on any atom is 0.313 e. The smallest absolute Gasteiger partial charge is 0.313 e. The fourth-order valence-electron chi connectivity index (χ4n) is 2.72. The Bertz CT molecular complexity index is 861. The molecule has 1 amide bonds. The number of hydrogen-bond acceptors (Lipinski definition) is 5. The van der Waals surface area contributed by atoms with Crippen LogP contribution in [0, 0.1) is 6.92 Å². The predicted molar refractivity (Wildman–Crippen MR) is 96.4 cm³/mol. The maximum atomic E-state index is 12.2. The Hall–Kier alpha value is -2.89. The summed E-state index contributed by atoms with van der Waals surface area (Å²) < 4.78 is 11.0. The van der Waals surface area contributed by atoms with E-state index in [1.54, 1.807) is 21.0 Å². The van der Waals surface area contributed by atoms with E-state index in [1.165, 1.54) is 4.90 Å². The van der Waals surface area contributed by atoms with Crippen LogP contribution in [0.25, 0.3) is 0 Å². The van der Waals surface area contributed by atoms with E-state index in [-0.39, 0.29) is 12.5 Å². The summed E-state index contributed by atoms with van der Waals surface area (Å²) >= 11 is 0. The summed E-state index contributed by atoms with van der Waals surface area (Å²) in [4.78, 5) is 29.6. The molecule has 136 valence electrons. The molecule has 1 aromatic heterocycles. The molecule has 1 atom stereocenters. The lowest BCUT2D eigenvalue weighted by molar-refractivity contribution is -0.152. The van der Waals surface area contributed by atoms with Crippen molar-refractivity contribution in [3.8, 4) is 11.6 Å². The molecule has 1 aromatic carbocycles. The largest absolute Gasteiger partial charge is 0.455 e. The van der Waals surface area contributed by atoms with E-state index >= 15 is 0 Å². The SMILES string of the molecule is Cc1ccc2c(n1)Oc1ccc([C@@H](C)C(=O)OCC(=O)N(C)C)cc1C2. The van der Waals surface area contributed by atoms with E-state index in [0.717, 1.165) is 28.1 Å². The molecule has 0 saturated heterocycles. The number of rotatable bonds is 4. The number of pyridine rings is 1. The second-order valence-electron chi connectivity index (χ2n) is 6.68. The van der Waals surface area contributed by atoms with Crippen molar-refractivity contribution in [1.82, 2.24) is 9.88 Å². The lowest BCUT2D eigenvalue weighted by Crippen LogP contribution is -2.28. The van der Waals surface area contributed by atoms with Crippen LogP contribution in [0.5, 0.6) is 11.6 Å². The Morgan fingerprint density at radius 1 is 1.23 bits per heavy atom. The number of esters is 1. The first-order valence-corrected chi connectivity index (χ1v) is 8.49. The fourth-order valence-corrected chi connectivity index (χ4v) is 2.72. The summed E-state index contributed by atoms with van der Waals surface area (Å²) in [6.45, 7) is 3.45. The van der Waals surface area contributed by atoms with Crippen molar-refractivity contribution < 1.29 is 19.1 Å². The lowest BCUT2D eigenvalue weighted by Gasteiger charge is -2.21. The third-order valence-electron chi connectivity index (χ3n) is 4.44. The number of amides is 1. The van der Waals surface area contributed by atoms with E-state index < -0.39 is 11.9 Å². The molecule has 6 nitrogen and oxygen atoms in total. The number of carbonyl (C=O) groups excluding carboxylic acids is 2. The molecule has 0 radical (unpaired) electrons. The van der Waals surface area contributed by atoms with Gasteiger partial charge in [-0.25, -0.2) is 4.98 Å². The van der Waals surface area contributed by atoms with Gasteiger partial charge in [0.25, 0.3) is 5.91 Å². The third-order valence-corrected chi connectivity index (χ3v) is 4.44. The highest BCUT2D eigenvalue weighted by atomic mass is 16.5. The average Bonchev–Trinajstić information content (AvgIpc) is 2.62. The van der Waals surface area contributed by atoms with Gasteiger partial charge in [-0.1, -0.05) is 18.2 Å². The maximum absolute atomic E-state index is 12.2. The number of benzene rings is 1. The van der Waals surface area contributed by atoms with Crippen LogP contribution in [0.3, 0.4) is 0 Å². The van der Waals surface area contributed by atoms with Crippen molar-refractivity contribution in [3.05, 3.63) is 52.7 Å². The van der Waals surface area contributed by atoms with Gasteiger partial charge in [0.05, 0.1) is 5.92 Å². The monoisotopic (exact) mass is 354 g/mol. The molecule has 0 fully saturated rings. The van der Waals surface area contributed by atoms with Crippen LogP contribution in [-0.2, 0) is 20.7 Å². The van der Waals surface area contributed by atoms with Crippen LogP contribution >= 0.6 is 0 Å². The number of carbonyl (C=O) groups is 2. The molecule has 26 heavy (non-hydrogen) atoms. The first-order chi connectivity index (χ1) is 12.3. The van der Waals surface area contributed by atoms with Crippen LogP contribution in [0.4, 0.5) is 0 Å². The third kappa shape index (κ3) is 3.69. The molecule has 2 aromatic rings. The summed E-state index contributed by atoms with van der Waals surface area (Å²) in [6.07, 6.45) is 0.701. The van der Waals surface area contributed by atoms with Crippen molar-refractivity contribution >= 4 is 11.9 Å². The Kier molecular flexibility index (Phi) is 4.93. The van der Waals surface area contributed by atoms with Crippen LogP contribution in [-0.4, -0.2) is 42.5 Å². The number of fused-ring (bicyclic) bond motifs is 2. The Morgan fingerprint density at radius 3 is 2.73 bits per heavy atom. The van der Waals surface area contributed by atoms with Gasteiger partial charge in [0.15, 0.2) is 6.61 Å². The van der Waals surface area contributed by atoms with E-state index in [9.17, 15) is 9.59 Å². The highest BCUT2D eigenvalue weighted by Crippen LogP contribution is 2.36. The zero-order valence-electron chi connectivity index (χ0n) is 15.4. The topological polar surface area (TPSA) is 68.7 Å². The van der Waals surface area contributed by atoms with Crippen LogP contribution < -0.4 is 4.74 Å². The highest BCUT2D eigenvalue weighted by molar-refractivity contribution is 5.83. The molecular formula is C20H22N2O4. The molecule has 2 heterocycles.